The van der Waals surface area contributed by atoms with Gasteiger partial charge in [-0.3, -0.25) is 4.90 Å². The lowest BCUT2D eigenvalue weighted by Crippen LogP contribution is -2.44. The van der Waals surface area contributed by atoms with Crippen LogP contribution in [0.15, 0.2) is 0 Å². The van der Waals surface area contributed by atoms with E-state index in [-0.39, 0.29) is 0 Å². The Kier molecular flexibility index (Phi) is 4.35. The monoisotopic (exact) mass is 201 g/mol. The maximum atomic E-state index is 10.2. The van der Waals surface area contributed by atoms with E-state index in [9.17, 15) is 5.11 Å². The van der Waals surface area contributed by atoms with Gasteiger partial charge in [-0.15, -0.1) is 0 Å². The fourth-order valence-corrected chi connectivity index (χ4v) is 2.18. The Balaban J connectivity index is 2.34. The van der Waals surface area contributed by atoms with E-state index in [1.165, 1.54) is 12.8 Å². The first-order chi connectivity index (χ1) is 6.57. The number of methoxy groups -OCH3 is 1. The van der Waals surface area contributed by atoms with Crippen molar-refractivity contribution in [3.8, 4) is 0 Å². The molecule has 0 aromatic rings. The Morgan fingerprint density at radius 1 is 1.43 bits per heavy atom. The number of hydrogen-bond donors (Lipinski definition) is 1. The lowest BCUT2D eigenvalue weighted by Gasteiger charge is -2.32. The van der Waals surface area contributed by atoms with Crippen molar-refractivity contribution in [3.63, 3.8) is 0 Å². The average Bonchev–Trinajstić information content (AvgIpc) is 2.52. The lowest BCUT2D eigenvalue weighted by atomic mass is 10.0. The van der Waals surface area contributed by atoms with Gasteiger partial charge in [-0.05, 0) is 26.8 Å². The van der Waals surface area contributed by atoms with Gasteiger partial charge in [-0.25, -0.2) is 0 Å². The van der Waals surface area contributed by atoms with Crippen molar-refractivity contribution in [2.45, 2.75) is 44.2 Å². The Labute approximate surface area is 87.1 Å². The summed E-state index contributed by atoms with van der Waals surface area (Å²) in [6, 6.07) is 0.379. The maximum absolute atomic E-state index is 10.2. The highest BCUT2D eigenvalue weighted by molar-refractivity contribution is 4.87. The molecule has 0 aliphatic heterocycles. The molecule has 3 nitrogen and oxygen atoms in total. The van der Waals surface area contributed by atoms with Gasteiger partial charge in [0, 0.05) is 19.7 Å². The molecule has 1 aliphatic rings. The van der Waals surface area contributed by atoms with Gasteiger partial charge in [0.05, 0.1) is 12.2 Å². The van der Waals surface area contributed by atoms with Crippen molar-refractivity contribution >= 4 is 0 Å². The first kappa shape index (κ1) is 12.0. The second-order valence-electron chi connectivity index (χ2n) is 4.65. The highest BCUT2D eigenvalue weighted by Gasteiger charge is 2.32. The van der Waals surface area contributed by atoms with Crippen LogP contribution in [0.3, 0.4) is 0 Å². The number of nitrogens with zero attached hydrogens (tertiary/aromatic N) is 1. The lowest BCUT2D eigenvalue weighted by molar-refractivity contribution is -0.00287. The summed E-state index contributed by atoms with van der Waals surface area (Å²) in [6.45, 7) is 3.63. The molecule has 1 saturated carbocycles. The molecule has 1 rings (SSSR count). The Bertz CT molecular complexity index is 167. The number of rotatable bonds is 5. The number of likely N-dealkylation sites (N-methyl/N-ethyl adjacent to an activating group) is 1. The molecule has 14 heavy (non-hydrogen) atoms. The van der Waals surface area contributed by atoms with Crippen LogP contribution in [0.2, 0.25) is 0 Å². The molecule has 1 N–H and O–H groups in total. The van der Waals surface area contributed by atoms with Crippen LogP contribution < -0.4 is 0 Å². The minimum absolute atomic E-state index is 0.379. The van der Waals surface area contributed by atoms with E-state index in [4.69, 9.17) is 4.74 Å². The van der Waals surface area contributed by atoms with Gasteiger partial charge in [0.25, 0.3) is 0 Å². The summed E-state index contributed by atoms with van der Waals surface area (Å²) in [7, 11) is 3.77. The molecular formula is C11H23NO2. The topological polar surface area (TPSA) is 32.7 Å². The zero-order valence-electron chi connectivity index (χ0n) is 9.62. The third kappa shape index (κ3) is 3.23. The summed E-state index contributed by atoms with van der Waals surface area (Å²) in [5, 5.41) is 10.2. The molecule has 0 aromatic carbocycles. The van der Waals surface area contributed by atoms with Crippen molar-refractivity contribution in [1.29, 1.82) is 0 Å². The highest BCUT2D eigenvalue weighted by Crippen LogP contribution is 2.30. The molecule has 0 bridgehead atoms. The van der Waals surface area contributed by atoms with Crippen LogP contribution in [-0.2, 0) is 4.74 Å². The average molecular weight is 201 g/mol. The fraction of sp³-hybridized carbons (Fsp3) is 1.00. The van der Waals surface area contributed by atoms with Crippen LogP contribution in [0.1, 0.15) is 32.6 Å². The number of hydrogen-bond acceptors (Lipinski definition) is 3. The van der Waals surface area contributed by atoms with Crippen LogP contribution in [0, 0.1) is 0 Å². The second kappa shape index (κ2) is 5.10. The van der Waals surface area contributed by atoms with E-state index < -0.39 is 5.60 Å². The summed E-state index contributed by atoms with van der Waals surface area (Å²) in [5.74, 6) is 0. The zero-order chi connectivity index (χ0) is 10.6. The van der Waals surface area contributed by atoms with Crippen molar-refractivity contribution < 1.29 is 9.84 Å². The SMILES string of the molecule is COCC(C)N(C)CC1(O)CCCC1. The predicted octanol–water partition coefficient (Wildman–Crippen LogP) is 1.26. The molecule has 1 unspecified atom stereocenters. The van der Waals surface area contributed by atoms with Crippen molar-refractivity contribution in [3.05, 3.63) is 0 Å². The first-order valence-electron chi connectivity index (χ1n) is 5.49. The summed E-state index contributed by atoms with van der Waals surface area (Å²) in [6.07, 6.45) is 4.25. The van der Waals surface area contributed by atoms with Crippen molar-refractivity contribution in [2.24, 2.45) is 0 Å². The van der Waals surface area contributed by atoms with Crippen molar-refractivity contribution in [1.82, 2.24) is 4.90 Å². The van der Waals surface area contributed by atoms with Crippen LogP contribution in [0.5, 0.6) is 0 Å². The second-order valence-corrected chi connectivity index (χ2v) is 4.65. The van der Waals surface area contributed by atoms with E-state index >= 15 is 0 Å². The molecular weight excluding hydrogens is 178 g/mol. The van der Waals surface area contributed by atoms with E-state index in [1.54, 1.807) is 7.11 Å². The van der Waals surface area contributed by atoms with Gasteiger partial charge >= 0.3 is 0 Å². The molecule has 0 spiro atoms. The third-order valence-corrected chi connectivity index (χ3v) is 3.24. The van der Waals surface area contributed by atoms with Gasteiger partial charge in [0.1, 0.15) is 0 Å². The van der Waals surface area contributed by atoms with Gasteiger partial charge < -0.3 is 9.84 Å². The third-order valence-electron chi connectivity index (χ3n) is 3.24. The maximum Gasteiger partial charge on any atom is 0.0774 e. The zero-order valence-corrected chi connectivity index (χ0v) is 9.62. The van der Waals surface area contributed by atoms with Crippen molar-refractivity contribution in [2.75, 3.05) is 27.3 Å². The normalized spacial score (nSPS) is 22.9. The van der Waals surface area contributed by atoms with Crippen LogP contribution in [0.25, 0.3) is 0 Å². The largest absolute Gasteiger partial charge is 0.389 e. The first-order valence-corrected chi connectivity index (χ1v) is 5.49. The summed E-state index contributed by atoms with van der Waals surface area (Å²) in [4.78, 5) is 2.19. The quantitative estimate of drug-likeness (QED) is 0.727. The molecule has 0 amide bonds. The van der Waals surface area contributed by atoms with E-state index in [0.29, 0.717) is 6.04 Å². The molecule has 1 fully saturated rings. The van der Waals surface area contributed by atoms with E-state index in [2.05, 4.69) is 18.9 Å². The molecule has 3 heteroatoms. The van der Waals surface area contributed by atoms with Crippen LogP contribution >= 0.6 is 0 Å². The molecule has 0 heterocycles. The number of aliphatic hydroxyl groups is 1. The van der Waals surface area contributed by atoms with Gasteiger partial charge in [0.2, 0.25) is 0 Å². The fourth-order valence-electron chi connectivity index (χ4n) is 2.18. The molecule has 0 aromatic heterocycles. The predicted molar refractivity (Wildman–Crippen MR) is 57.4 cm³/mol. The molecule has 84 valence electrons. The summed E-state index contributed by atoms with van der Waals surface area (Å²) in [5.41, 5.74) is -0.434. The Hall–Kier alpha value is -0.120. The van der Waals surface area contributed by atoms with Gasteiger partial charge in [0.15, 0.2) is 0 Å². The Morgan fingerprint density at radius 3 is 2.50 bits per heavy atom. The molecule has 1 aliphatic carbocycles. The summed E-state index contributed by atoms with van der Waals surface area (Å²) >= 11 is 0. The Morgan fingerprint density at radius 2 is 2.00 bits per heavy atom. The van der Waals surface area contributed by atoms with Gasteiger partial charge in [-0.1, -0.05) is 12.8 Å². The highest BCUT2D eigenvalue weighted by atomic mass is 16.5. The van der Waals surface area contributed by atoms with Crippen LogP contribution in [-0.4, -0.2) is 49.0 Å². The van der Waals surface area contributed by atoms with E-state index in [0.717, 1.165) is 26.0 Å². The molecule has 0 radical (unpaired) electrons. The standard InChI is InChI=1S/C11H23NO2/c1-10(8-14-3)12(2)9-11(13)6-4-5-7-11/h10,13H,4-9H2,1-3H3. The minimum atomic E-state index is -0.434. The minimum Gasteiger partial charge on any atom is -0.389 e. The molecule has 0 saturated heterocycles. The summed E-state index contributed by atoms with van der Waals surface area (Å²) < 4.78 is 5.10. The van der Waals surface area contributed by atoms with E-state index in [1.807, 2.05) is 0 Å². The van der Waals surface area contributed by atoms with Gasteiger partial charge in [-0.2, -0.15) is 0 Å². The smallest absolute Gasteiger partial charge is 0.0774 e. The number of ether oxygens (including phenoxy) is 1. The molecule has 1 atom stereocenters. The van der Waals surface area contributed by atoms with Crippen LogP contribution in [0.4, 0.5) is 0 Å².